The molecule has 0 amide bonds. The van der Waals surface area contributed by atoms with E-state index in [1.165, 1.54) is 0 Å². The maximum Gasteiger partial charge on any atom is 0.308 e. The highest BCUT2D eigenvalue weighted by Gasteiger charge is 2.29. The van der Waals surface area contributed by atoms with Gasteiger partial charge < -0.3 is 0 Å². The Morgan fingerprint density at radius 2 is 2.00 bits per heavy atom. The number of benzene rings is 2. The van der Waals surface area contributed by atoms with Crippen molar-refractivity contribution in [1.29, 1.82) is 0 Å². The average Bonchev–Trinajstić information content (AvgIpc) is 2.98. The first-order valence-corrected chi connectivity index (χ1v) is 11.9. The lowest BCUT2D eigenvalue weighted by molar-refractivity contribution is 0.281. The minimum Gasteiger partial charge on any atom is -0.294 e. The van der Waals surface area contributed by atoms with E-state index in [1.807, 2.05) is 18.2 Å². The molecule has 0 spiro atoms. The van der Waals surface area contributed by atoms with Crippen LogP contribution in [-0.4, -0.2) is 30.4 Å². The van der Waals surface area contributed by atoms with E-state index in [4.69, 9.17) is 11.6 Å². The summed E-state index contributed by atoms with van der Waals surface area (Å²) in [6, 6.07) is 12.4. The molecule has 4 rings (SSSR count). The zero-order chi connectivity index (χ0) is 19.9. The van der Waals surface area contributed by atoms with Crippen LogP contribution in [0.4, 0.5) is 0 Å². The van der Waals surface area contributed by atoms with Crippen LogP contribution < -0.4 is 4.87 Å². The highest BCUT2D eigenvalue weighted by atomic mass is 35.5. The first-order chi connectivity index (χ1) is 13.4. The number of thiazole rings is 1. The quantitative estimate of drug-likeness (QED) is 0.616. The van der Waals surface area contributed by atoms with Crippen molar-refractivity contribution < 1.29 is 8.42 Å². The molecule has 3 aromatic rings. The number of piperidine rings is 1. The highest BCUT2D eigenvalue weighted by molar-refractivity contribution is 7.89. The van der Waals surface area contributed by atoms with Crippen molar-refractivity contribution in [3.63, 3.8) is 0 Å². The maximum absolute atomic E-state index is 13.0. The summed E-state index contributed by atoms with van der Waals surface area (Å²) in [7, 11) is -3.55. The number of rotatable bonds is 4. The number of halogens is 1. The second-order valence-corrected chi connectivity index (χ2v) is 10.6. The predicted molar refractivity (Wildman–Crippen MR) is 114 cm³/mol. The van der Waals surface area contributed by atoms with Crippen LogP contribution in [0.5, 0.6) is 0 Å². The van der Waals surface area contributed by atoms with E-state index in [0.717, 1.165) is 35.3 Å². The SMILES string of the molecule is C[C@H]1CCCN(S(=O)(=O)c2ccc3c(c2)sc(=O)n3Cc2ccccc2Cl)C1. The number of aromatic nitrogens is 1. The molecular formula is C20H21ClN2O3S2. The van der Waals surface area contributed by atoms with Gasteiger partial charge in [0.2, 0.25) is 10.0 Å². The summed E-state index contributed by atoms with van der Waals surface area (Å²) in [6.45, 7) is 3.53. The third kappa shape index (κ3) is 3.64. The summed E-state index contributed by atoms with van der Waals surface area (Å²) in [6.07, 6.45) is 1.93. The lowest BCUT2D eigenvalue weighted by atomic mass is 10.0. The molecular weight excluding hydrogens is 416 g/mol. The molecule has 0 radical (unpaired) electrons. The molecule has 1 saturated heterocycles. The van der Waals surface area contributed by atoms with E-state index in [0.29, 0.717) is 35.3 Å². The lowest BCUT2D eigenvalue weighted by Gasteiger charge is -2.30. The number of nitrogens with zero attached hydrogens (tertiary/aromatic N) is 2. The van der Waals surface area contributed by atoms with Gasteiger partial charge in [-0.2, -0.15) is 4.31 Å². The first kappa shape index (κ1) is 19.6. The molecule has 1 atom stereocenters. The Balaban J connectivity index is 1.71. The van der Waals surface area contributed by atoms with E-state index in [1.54, 1.807) is 33.1 Å². The van der Waals surface area contributed by atoms with Crippen LogP contribution in [0.1, 0.15) is 25.3 Å². The van der Waals surface area contributed by atoms with Crippen molar-refractivity contribution in [2.45, 2.75) is 31.2 Å². The van der Waals surface area contributed by atoms with Crippen LogP contribution in [0.25, 0.3) is 10.2 Å². The minimum absolute atomic E-state index is 0.129. The van der Waals surface area contributed by atoms with Gasteiger partial charge >= 0.3 is 4.87 Å². The predicted octanol–water partition coefficient (Wildman–Crippen LogP) is 4.19. The van der Waals surface area contributed by atoms with Crippen molar-refractivity contribution in [1.82, 2.24) is 8.87 Å². The van der Waals surface area contributed by atoms with E-state index in [-0.39, 0.29) is 9.77 Å². The summed E-state index contributed by atoms with van der Waals surface area (Å²) in [4.78, 5) is 12.7. The Kier molecular flexibility index (Phi) is 5.35. The zero-order valence-corrected chi connectivity index (χ0v) is 17.9. The van der Waals surface area contributed by atoms with Crippen molar-refractivity contribution in [3.8, 4) is 0 Å². The van der Waals surface area contributed by atoms with Gasteiger partial charge in [-0.05, 0) is 48.6 Å². The average molecular weight is 437 g/mol. The molecule has 28 heavy (non-hydrogen) atoms. The van der Waals surface area contributed by atoms with Gasteiger partial charge in [0, 0.05) is 18.1 Å². The van der Waals surface area contributed by atoms with Gasteiger partial charge in [-0.1, -0.05) is 48.1 Å². The van der Waals surface area contributed by atoms with Gasteiger partial charge in [-0.25, -0.2) is 8.42 Å². The van der Waals surface area contributed by atoms with Crippen LogP contribution in [0.15, 0.2) is 52.2 Å². The largest absolute Gasteiger partial charge is 0.308 e. The van der Waals surface area contributed by atoms with Gasteiger partial charge in [0.05, 0.1) is 21.7 Å². The van der Waals surface area contributed by atoms with Gasteiger partial charge in [0.25, 0.3) is 0 Å². The number of fused-ring (bicyclic) bond motifs is 1. The Morgan fingerprint density at radius 3 is 2.75 bits per heavy atom. The van der Waals surface area contributed by atoms with Crippen molar-refractivity contribution in [2.75, 3.05) is 13.1 Å². The van der Waals surface area contributed by atoms with Crippen LogP contribution in [0, 0.1) is 5.92 Å². The summed E-state index contributed by atoms with van der Waals surface area (Å²) < 4.78 is 29.9. The Bertz CT molecular complexity index is 1180. The Labute approximate surface area is 173 Å². The van der Waals surface area contributed by atoms with Crippen molar-refractivity contribution >= 4 is 43.2 Å². The Hall–Kier alpha value is -1.67. The zero-order valence-electron chi connectivity index (χ0n) is 15.5. The molecule has 1 fully saturated rings. The van der Waals surface area contributed by atoms with Crippen LogP contribution in [-0.2, 0) is 16.6 Å². The molecule has 0 saturated carbocycles. The number of hydrogen-bond acceptors (Lipinski definition) is 4. The highest BCUT2D eigenvalue weighted by Crippen LogP contribution is 2.28. The van der Waals surface area contributed by atoms with E-state index >= 15 is 0 Å². The fourth-order valence-electron chi connectivity index (χ4n) is 3.67. The summed E-state index contributed by atoms with van der Waals surface area (Å²) >= 11 is 7.29. The fraction of sp³-hybridized carbons (Fsp3) is 0.350. The summed E-state index contributed by atoms with van der Waals surface area (Å²) in [5.41, 5.74) is 1.57. The second-order valence-electron chi connectivity index (χ2n) is 7.29. The normalized spacial score (nSPS) is 18.6. The monoisotopic (exact) mass is 436 g/mol. The molecule has 2 heterocycles. The standard InChI is InChI=1S/C20H21ClN2O3S2/c1-14-5-4-10-22(12-14)28(25,26)16-8-9-18-19(11-16)27-20(24)23(18)13-15-6-2-3-7-17(15)21/h2-3,6-9,11,14H,4-5,10,12-13H2,1H3/t14-/m0/s1. The van der Waals surface area contributed by atoms with Crippen LogP contribution in [0.2, 0.25) is 5.02 Å². The molecule has 148 valence electrons. The first-order valence-electron chi connectivity index (χ1n) is 9.23. The van der Waals surface area contributed by atoms with Crippen LogP contribution >= 0.6 is 22.9 Å². The number of sulfonamides is 1. The smallest absolute Gasteiger partial charge is 0.294 e. The second kappa shape index (κ2) is 7.63. The molecule has 8 heteroatoms. The molecule has 0 aliphatic carbocycles. The molecule has 1 aliphatic rings. The molecule has 0 unspecified atom stereocenters. The lowest BCUT2D eigenvalue weighted by Crippen LogP contribution is -2.39. The molecule has 0 N–H and O–H groups in total. The topological polar surface area (TPSA) is 59.4 Å². The number of hydrogen-bond donors (Lipinski definition) is 0. The van der Waals surface area contributed by atoms with Crippen molar-refractivity contribution in [2.24, 2.45) is 5.92 Å². The van der Waals surface area contributed by atoms with Gasteiger partial charge in [-0.15, -0.1) is 0 Å². The van der Waals surface area contributed by atoms with E-state index in [9.17, 15) is 13.2 Å². The summed E-state index contributed by atoms with van der Waals surface area (Å²) in [5.74, 6) is 0.361. The van der Waals surface area contributed by atoms with Crippen LogP contribution in [0.3, 0.4) is 0 Å². The van der Waals surface area contributed by atoms with Gasteiger partial charge in [-0.3, -0.25) is 9.36 Å². The molecule has 5 nitrogen and oxygen atoms in total. The van der Waals surface area contributed by atoms with E-state index in [2.05, 4.69) is 6.92 Å². The third-order valence-electron chi connectivity index (χ3n) is 5.18. The van der Waals surface area contributed by atoms with Gasteiger partial charge in [0.15, 0.2) is 0 Å². The summed E-state index contributed by atoms with van der Waals surface area (Å²) in [5, 5.41) is 0.604. The molecule has 1 aromatic heterocycles. The van der Waals surface area contributed by atoms with Crippen molar-refractivity contribution in [3.05, 3.63) is 62.7 Å². The third-order valence-corrected chi connectivity index (χ3v) is 8.36. The maximum atomic E-state index is 13.0. The van der Waals surface area contributed by atoms with E-state index < -0.39 is 10.0 Å². The molecule has 1 aliphatic heterocycles. The van der Waals surface area contributed by atoms with Gasteiger partial charge in [0.1, 0.15) is 0 Å². The molecule has 0 bridgehead atoms. The molecule has 2 aromatic carbocycles. The minimum atomic E-state index is -3.55. The Morgan fingerprint density at radius 1 is 1.21 bits per heavy atom. The fourth-order valence-corrected chi connectivity index (χ4v) is 6.49.